The van der Waals surface area contributed by atoms with E-state index in [4.69, 9.17) is 4.74 Å². The fourth-order valence-electron chi connectivity index (χ4n) is 0.815. The van der Waals surface area contributed by atoms with Crippen LogP contribution in [0.25, 0.3) is 0 Å². The Labute approximate surface area is 68.0 Å². The van der Waals surface area contributed by atoms with E-state index in [9.17, 15) is 0 Å². The molecule has 0 bridgehead atoms. The summed E-state index contributed by atoms with van der Waals surface area (Å²) in [6, 6.07) is 9.91. The van der Waals surface area contributed by atoms with Crippen LogP contribution in [0.1, 0.15) is 20.3 Å². The van der Waals surface area contributed by atoms with Crippen molar-refractivity contribution in [3.05, 3.63) is 30.3 Å². The van der Waals surface area contributed by atoms with Crippen molar-refractivity contribution in [1.29, 1.82) is 0 Å². The Balaban J connectivity index is 2.51. The number of hydrogen-bond donors (Lipinski definition) is 0. The minimum absolute atomic E-state index is 0.317. The maximum atomic E-state index is 5.56. The van der Waals surface area contributed by atoms with E-state index in [-0.39, 0.29) is 0 Å². The molecule has 0 aliphatic heterocycles. The summed E-state index contributed by atoms with van der Waals surface area (Å²) in [6.45, 7) is 4.20. The van der Waals surface area contributed by atoms with Crippen LogP contribution in [0.2, 0.25) is 0 Å². The quantitative estimate of drug-likeness (QED) is 0.643. The molecule has 1 aromatic rings. The van der Waals surface area contributed by atoms with Gasteiger partial charge in [0.25, 0.3) is 0 Å². The molecule has 0 heterocycles. The zero-order chi connectivity index (χ0) is 8.10. The highest BCUT2D eigenvalue weighted by Gasteiger charge is 1.97. The molecule has 1 heteroatoms. The van der Waals surface area contributed by atoms with Crippen molar-refractivity contribution in [2.75, 3.05) is 0 Å². The van der Waals surface area contributed by atoms with Gasteiger partial charge in [0.05, 0.1) is 6.10 Å². The lowest BCUT2D eigenvalue weighted by molar-refractivity contribution is 0.217. The van der Waals surface area contributed by atoms with E-state index < -0.39 is 0 Å². The molecule has 0 amide bonds. The summed E-state index contributed by atoms with van der Waals surface area (Å²) in [4.78, 5) is 0. The Kier molecular flexibility index (Phi) is 2.96. The SMILES string of the molecule is CC[C@@H](C)Oc1ccccc1. The van der Waals surface area contributed by atoms with Crippen molar-refractivity contribution in [2.24, 2.45) is 0 Å². The molecule has 0 aliphatic carbocycles. The Morgan fingerprint density at radius 2 is 1.91 bits per heavy atom. The first-order valence-electron chi connectivity index (χ1n) is 4.04. The number of rotatable bonds is 3. The Morgan fingerprint density at radius 1 is 1.27 bits per heavy atom. The van der Waals surface area contributed by atoms with Gasteiger partial charge in [0.15, 0.2) is 0 Å². The van der Waals surface area contributed by atoms with Gasteiger partial charge in [-0.3, -0.25) is 0 Å². The van der Waals surface area contributed by atoms with Gasteiger partial charge in [-0.1, -0.05) is 25.1 Å². The molecule has 0 unspecified atom stereocenters. The molecule has 11 heavy (non-hydrogen) atoms. The van der Waals surface area contributed by atoms with Gasteiger partial charge in [-0.15, -0.1) is 0 Å². The minimum atomic E-state index is 0.317. The lowest BCUT2D eigenvalue weighted by atomic mass is 10.3. The molecule has 0 aromatic heterocycles. The summed E-state index contributed by atoms with van der Waals surface area (Å²) in [6.07, 6.45) is 1.37. The van der Waals surface area contributed by atoms with Crippen molar-refractivity contribution < 1.29 is 4.74 Å². The summed E-state index contributed by atoms with van der Waals surface area (Å²) in [5.74, 6) is 0.960. The molecule has 0 aliphatic rings. The second-order valence-electron chi connectivity index (χ2n) is 2.65. The van der Waals surface area contributed by atoms with Crippen LogP contribution in [0, 0.1) is 0 Å². The van der Waals surface area contributed by atoms with Crippen LogP contribution in [0.4, 0.5) is 0 Å². The first kappa shape index (κ1) is 8.12. The van der Waals surface area contributed by atoms with Crippen LogP contribution in [-0.2, 0) is 0 Å². The van der Waals surface area contributed by atoms with Gasteiger partial charge in [0, 0.05) is 0 Å². The molecule has 0 fully saturated rings. The minimum Gasteiger partial charge on any atom is -0.491 e. The second-order valence-corrected chi connectivity index (χ2v) is 2.65. The maximum Gasteiger partial charge on any atom is 0.119 e. The van der Waals surface area contributed by atoms with E-state index in [0.717, 1.165) is 12.2 Å². The Morgan fingerprint density at radius 3 is 2.45 bits per heavy atom. The van der Waals surface area contributed by atoms with Crippen LogP contribution in [0.5, 0.6) is 5.75 Å². The van der Waals surface area contributed by atoms with Crippen LogP contribution in [0.15, 0.2) is 30.3 Å². The highest BCUT2D eigenvalue weighted by atomic mass is 16.5. The van der Waals surface area contributed by atoms with Crippen molar-refractivity contribution in [2.45, 2.75) is 26.4 Å². The van der Waals surface area contributed by atoms with Gasteiger partial charge in [-0.25, -0.2) is 0 Å². The number of hydrogen-bond acceptors (Lipinski definition) is 1. The number of para-hydroxylation sites is 1. The fourth-order valence-corrected chi connectivity index (χ4v) is 0.815. The maximum absolute atomic E-state index is 5.56. The molecular weight excluding hydrogens is 136 g/mol. The smallest absolute Gasteiger partial charge is 0.119 e. The molecule has 0 saturated carbocycles. The number of ether oxygens (including phenoxy) is 1. The van der Waals surface area contributed by atoms with Gasteiger partial charge in [0.1, 0.15) is 5.75 Å². The monoisotopic (exact) mass is 150 g/mol. The summed E-state index contributed by atoms with van der Waals surface area (Å²) in [7, 11) is 0. The van der Waals surface area contributed by atoms with E-state index >= 15 is 0 Å². The lowest BCUT2D eigenvalue weighted by Gasteiger charge is -2.11. The zero-order valence-corrected chi connectivity index (χ0v) is 7.08. The van der Waals surface area contributed by atoms with Crippen molar-refractivity contribution in [3.8, 4) is 5.75 Å². The molecule has 0 saturated heterocycles. The summed E-state index contributed by atoms with van der Waals surface area (Å²) >= 11 is 0. The van der Waals surface area contributed by atoms with Crippen molar-refractivity contribution >= 4 is 0 Å². The first-order chi connectivity index (χ1) is 5.33. The van der Waals surface area contributed by atoms with E-state index in [1.54, 1.807) is 0 Å². The van der Waals surface area contributed by atoms with Gasteiger partial charge in [-0.2, -0.15) is 0 Å². The van der Waals surface area contributed by atoms with E-state index in [1.165, 1.54) is 0 Å². The van der Waals surface area contributed by atoms with Crippen LogP contribution < -0.4 is 4.74 Å². The Bertz CT molecular complexity index is 193. The van der Waals surface area contributed by atoms with Crippen molar-refractivity contribution in [3.63, 3.8) is 0 Å². The standard InChI is InChI=1S/C10H14O/c1-3-9(2)11-10-7-5-4-6-8-10/h4-9H,3H2,1-2H3/t9-/m1/s1. The normalized spacial score (nSPS) is 12.5. The largest absolute Gasteiger partial charge is 0.491 e. The van der Waals surface area contributed by atoms with Gasteiger partial charge < -0.3 is 4.74 Å². The molecule has 0 spiro atoms. The second kappa shape index (κ2) is 4.02. The average Bonchev–Trinajstić information content (AvgIpc) is 2.06. The molecule has 0 N–H and O–H groups in total. The predicted molar refractivity (Wildman–Crippen MR) is 46.8 cm³/mol. The van der Waals surface area contributed by atoms with Gasteiger partial charge in [-0.05, 0) is 25.5 Å². The lowest BCUT2D eigenvalue weighted by Crippen LogP contribution is -2.09. The molecule has 1 nitrogen and oxygen atoms in total. The number of benzene rings is 1. The third kappa shape index (κ3) is 2.62. The molecule has 1 atom stereocenters. The average molecular weight is 150 g/mol. The highest BCUT2D eigenvalue weighted by Crippen LogP contribution is 2.11. The van der Waals surface area contributed by atoms with E-state index in [0.29, 0.717) is 6.10 Å². The van der Waals surface area contributed by atoms with Gasteiger partial charge >= 0.3 is 0 Å². The fraction of sp³-hybridized carbons (Fsp3) is 0.400. The summed E-state index contributed by atoms with van der Waals surface area (Å²) < 4.78 is 5.56. The van der Waals surface area contributed by atoms with Gasteiger partial charge in [0.2, 0.25) is 0 Å². The van der Waals surface area contributed by atoms with Crippen molar-refractivity contribution in [1.82, 2.24) is 0 Å². The molecule has 1 aromatic carbocycles. The summed E-state index contributed by atoms with van der Waals surface area (Å²) in [5.41, 5.74) is 0. The third-order valence-electron chi connectivity index (χ3n) is 1.66. The third-order valence-corrected chi connectivity index (χ3v) is 1.66. The Hall–Kier alpha value is -0.980. The molecule has 1 rings (SSSR count). The van der Waals surface area contributed by atoms with Crippen LogP contribution in [-0.4, -0.2) is 6.10 Å². The van der Waals surface area contributed by atoms with Crippen LogP contribution >= 0.6 is 0 Å². The predicted octanol–water partition coefficient (Wildman–Crippen LogP) is 2.86. The van der Waals surface area contributed by atoms with Crippen LogP contribution in [0.3, 0.4) is 0 Å². The van der Waals surface area contributed by atoms with E-state index in [1.807, 2.05) is 30.3 Å². The molecule has 0 radical (unpaired) electrons. The zero-order valence-electron chi connectivity index (χ0n) is 7.08. The highest BCUT2D eigenvalue weighted by molar-refractivity contribution is 5.21. The topological polar surface area (TPSA) is 9.23 Å². The molecule has 60 valence electrons. The van der Waals surface area contributed by atoms with E-state index in [2.05, 4.69) is 13.8 Å². The summed E-state index contributed by atoms with van der Waals surface area (Å²) in [5, 5.41) is 0. The first-order valence-corrected chi connectivity index (χ1v) is 4.04. The molecular formula is C10H14O.